The van der Waals surface area contributed by atoms with Gasteiger partial charge in [-0.3, -0.25) is 10.1 Å². The van der Waals surface area contributed by atoms with Gasteiger partial charge in [-0.15, -0.1) is 0 Å². The molecule has 1 aliphatic heterocycles. The van der Waals surface area contributed by atoms with E-state index < -0.39 is 22.3 Å². The smallest absolute Gasteiger partial charge is 0.338 e. The fraction of sp³-hybridized carbons (Fsp3) is 0.500. The first-order chi connectivity index (χ1) is 9.93. The highest BCUT2D eigenvalue weighted by molar-refractivity contribution is 5.90. The Morgan fingerprint density at radius 3 is 2.86 bits per heavy atom. The number of nitrogens with zero attached hydrogens (tertiary/aromatic N) is 2. The highest BCUT2D eigenvalue weighted by Gasteiger charge is 2.29. The van der Waals surface area contributed by atoms with Crippen LogP contribution in [0.1, 0.15) is 36.5 Å². The van der Waals surface area contributed by atoms with Crippen molar-refractivity contribution in [2.24, 2.45) is 5.92 Å². The molecule has 0 saturated carbocycles. The van der Waals surface area contributed by atoms with Crippen molar-refractivity contribution in [3.05, 3.63) is 33.6 Å². The molecule has 1 unspecified atom stereocenters. The highest BCUT2D eigenvalue weighted by Crippen LogP contribution is 2.35. The van der Waals surface area contributed by atoms with E-state index in [0.717, 1.165) is 25.3 Å². The van der Waals surface area contributed by atoms with Crippen LogP contribution in [0.5, 0.6) is 0 Å². The number of carboxylic acid groups (broad SMARTS) is 1. The van der Waals surface area contributed by atoms with Gasteiger partial charge in [-0.1, -0.05) is 13.3 Å². The molecule has 1 atom stereocenters. The number of hydrogen-bond acceptors (Lipinski definition) is 4. The average molecular weight is 296 g/mol. The first-order valence-corrected chi connectivity index (χ1v) is 6.90. The van der Waals surface area contributed by atoms with Crippen molar-refractivity contribution in [1.29, 1.82) is 0 Å². The maximum absolute atomic E-state index is 13.6. The molecule has 0 radical (unpaired) electrons. The number of aromatic carboxylic acids is 1. The van der Waals surface area contributed by atoms with Gasteiger partial charge in [-0.2, -0.15) is 0 Å². The van der Waals surface area contributed by atoms with Crippen LogP contribution in [-0.4, -0.2) is 29.1 Å². The normalized spacial score (nSPS) is 18.0. The lowest BCUT2D eigenvalue weighted by Crippen LogP contribution is -2.21. The van der Waals surface area contributed by atoms with E-state index in [9.17, 15) is 19.3 Å². The van der Waals surface area contributed by atoms with E-state index in [-0.39, 0.29) is 11.4 Å². The van der Waals surface area contributed by atoms with E-state index in [2.05, 4.69) is 6.92 Å². The molecule has 1 aromatic rings. The molecule has 2 rings (SSSR count). The topological polar surface area (TPSA) is 83.7 Å². The molecule has 114 valence electrons. The molecule has 1 N–H and O–H groups in total. The van der Waals surface area contributed by atoms with Gasteiger partial charge in [0.1, 0.15) is 11.5 Å². The van der Waals surface area contributed by atoms with Crippen molar-refractivity contribution in [2.45, 2.75) is 26.2 Å². The van der Waals surface area contributed by atoms with Gasteiger partial charge in [-0.05, 0) is 24.8 Å². The van der Waals surface area contributed by atoms with Gasteiger partial charge in [0.15, 0.2) is 0 Å². The second kappa shape index (κ2) is 6.07. The number of nitro benzene ring substituents is 1. The van der Waals surface area contributed by atoms with Crippen LogP contribution in [0.3, 0.4) is 0 Å². The molecule has 1 saturated heterocycles. The lowest BCUT2D eigenvalue weighted by atomic mass is 10.0. The van der Waals surface area contributed by atoms with Crippen molar-refractivity contribution in [3.8, 4) is 0 Å². The first kappa shape index (κ1) is 15.2. The van der Waals surface area contributed by atoms with Crippen LogP contribution in [0.25, 0.3) is 0 Å². The van der Waals surface area contributed by atoms with Gasteiger partial charge in [0, 0.05) is 13.1 Å². The maximum Gasteiger partial charge on any atom is 0.338 e. The van der Waals surface area contributed by atoms with Crippen molar-refractivity contribution < 1.29 is 19.2 Å². The summed E-state index contributed by atoms with van der Waals surface area (Å²) in [5.41, 5.74) is -0.721. The molecule has 7 heteroatoms. The van der Waals surface area contributed by atoms with Crippen LogP contribution in [0, 0.1) is 21.8 Å². The molecule has 0 amide bonds. The molecular formula is C14H17FN2O4. The molecule has 0 aliphatic carbocycles. The third-order valence-electron chi connectivity index (χ3n) is 3.81. The minimum atomic E-state index is -1.42. The summed E-state index contributed by atoms with van der Waals surface area (Å²) in [6.45, 7) is 3.33. The standard InChI is InChI=1S/C14H17FN2O4/c1-2-3-9-4-5-16(8-9)12-6-10(14(18)19)11(15)7-13(12)17(20)21/h6-7,9H,2-5,8H2,1H3,(H,18,19). The Kier molecular flexibility index (Phi) is 4.40. The molecule has 1 heterocycles. The van der Waals surface area contributed by atoms with Crippen LogP contribution < -0.4 is 4.90 Å². The van der Waals surface area contributed by atoms with Crippen molar-refractivity contribution in [3.63, 3.8) is 0 Å². The molecular weight excluding hydrogens is 279 g/mol. The van der Waals surface area contributed by atoms with Gasteiger partial charge in [0.2, 0.25) is 0 Å². The van der Waals surface area contributed by atoms with E-state index >= 15 is 0 Å². The second-order valence-electron chi connectivity index (χ2n) is 5.27. The molecule has 1 aliphatic rings. The summed E-state index contributed by atoms with van der Waals surface area (Å²) in [6, 6.07) is 1.77. The number of rotatable bonds is 5. The van der Waals surface area contributed by atoms with E-state index in [1.807, 2.05) is 0 Å². The Hall–Kier alpha value is -2.18. The number of nitro groups is 1. The van der Waals surface area contributed by atoms with E-state index in [4.69, 9.17) is 5.11 Å². The van der Waals surface area contributed by atoms with Gasteiger partial charge in [0.05, 0.1) is 16.6 Å². The van der Waals surface area contributed by atoms with E-state index in [1.165, 1.54) is 0 Å². The monoisotopic (exact) mass is 296 g/mol. The zero-order valence-corrected chi connectivity index (χ0v) is 11.7. The Morgan fingerprint density at radius 2 is 2.29 bits per heavy atom. The number of carbonyl (C=O) groups is 1. The zero-order chi connectivity index (χ0) is 15.6. The number of hydrogen-bond donors (Lipinski definition) is 1. The molecule has 21 heavy (non-hydrogen) atoms. The fourth-order valence-electron chi connectivity index (χ4n) is 2.81. The lowest BCUT2D eigenvalue weighted by molar-refractivity contribution is -0.384. The van der Waals surface area contributed by atoms with Gasteiger partial charge >= 0.3 is 5.97 Å². The summed E-state index contributed by atoms with van der Waals surface area (Å²) in [7, 11) is 0. The van der Waals surface area contributed by atoms with Crippen LogP contribution in [-0.2, 0) is 0 Å². The van der Waals surface area contributed by atoms with E-state index in [0.29, 0.717) is 25.1 Å². The predicted molar refractivity (Wildman–Crippen MR) is 75.2 cm³/mol. The average Bonchev–Trinajstić information content (AvgIpc) is 2.86. The van der Waals surface area contributed by atoms with Crippen molar-refractivity contribution in [2.75, 3.05) is 18.0 Å². The summed E-state index contributed by atoms with van der Waals surface area (Å²) in [5, 5.41) is 20.1. The number of benzene rings is 1. The Balaban J connectivity index is 2.39. The predicted octanol–water partition coefficient (Wildman–Crippen LogP) is 3.06. The Bertz CT molecular complexity index is 576. The third kappa shape index (κ3) is 3.12. The molecule has 6 nitrogen and oxygen atoms in total. The molecule has 1 fully saturated rings. The second-order valence-corrected chi connectivity index (χ2v) is 5.27. The molecule has 0 spiro atoms. The van der Waals surface area contributed by atoms with Crippen LogP contribution >= 0.6 is 0 Å². The van der Waals surface area contributed by atoms with Gasteiger partial charge in [0.25, 0.3) is 5.69 Å². The zero-order valence-electron chi connectivity index (χ0n) is 11.7. The summed E-state index contributed by atoms with van der Waals surface area (Å²) >= 11 is 0. The number of halogens is 1. The number of anilines is 1. The summed E-state index contributed by atoms with van der Waals surface area (Å²) in [4.78, 5) is 23.2. The minimum absolute atomic E-state index is 0.192. The van der Waals surface area contributed by atoms with Gasteiger partial charge < -0.3 is 10.0 Å². The molecule has 0 aromatic heterocycles. The fourth-order valence-corrected chi connectivity index (χ4v) is 2.81. The maximum atomic E-state index is 13.6. The third-order valence-corrected chi connectivity index (χ3v) is 3.81. The Morgan fingerprint density at radius 1 is 1.57 bits per heavy atom. The van der Waals surface area contributed by atoms with Crippen molar-refractivity contribution in [1.82, 2.24) is 0 Å². The summed E-state index contributed by atoms with van der Waals surface area (Å²) < 4.78 is 13.6. The Labute approximate surface area is 121 Å². The first-order valence-electron chi connectivity index (χ1n) is 6.90. The quantitative estimate of drug-likeness (QED) is 0.667. The van der Waals surface area contributed by atoms with Crippen molar-refractivity contribution >= 4 is 17.3 Å². The van der Waals surface area contributed by atoms with Crippen LogP contribution in [0.2, 0.25) is 0 Å². The lowest BCUT2D eigenvalue weighted by Gasteiger charge is -2.19. The molecule has 1 aromatic carbocycles. The largest absolute Gasteiger partial charge is 0.478 e. The highest BCUT2D eigenvalue weighted by atomic mass is 19.1. The number of carboxylic acids is 1. The van der Waals surface area contributed by atoms with Crippen LogP contribution in [0.15, 0.2) is 12.1 Å². The van der Waals surface area contributed by atoms with E-state index in [1.54, 1.807) is 4.90 Å². The SMILES string of the molecule is CCCC1CCN(c2cc(C(=O)O)c(F)cc2[N+](=O)[O-])C1. The minimum Gasteiger partial charge on any atom is -0.478 e. The molecule has 0 bridgehead atoms. The van der Waals surface area contributed by atoms with Crippen LogP contribution in [0.4, 0.5) is 15.8 Å². The summed E-state index contributed by atoms with van der Waals surface area (Å²) in [5.74, 6) is -2.07. The summed E-state index contributed by atoms with van der Waals surface area (Å²) in [6.07, 6.45) is 2.96. The van der Waals surface area contributed by atoms with Gasteiger partial charge in [-0.25, -0.2) is 9.18 Å².